The molecule has 0 radical (unpaired) electrons. The van der Waals surface area contributed by atoms with Crippen molar-refractivity contribution in [2.45, 2.75) is 6.54 Å². The van der Waals surface area contributed by atoms with Gasteiger partial charge in [0.05, 0.1) is 6.54 Å². The van der Waals surface area contributed by atoms with Gasteiger partial charge >= 0.3 is 0 Å². The molecule has 0 unspecified atom stereocenters. The van der Waals surface area contributed by atoms with Gasteiger partial charge in [-0.25, -0.2) is 9.97 Å². The van der Waals surface area contributed by atoms with Crippen LogP contribution in [0, 0.1) is 0 Å². The lowest BCUT2D eigenvalue weighted by Gasteiger charge is -2.08. The summed E-state index contributed by atoms with van der Waals surface area (Å²) in [6, 6.07) is 14.0. The molecule has 0 aliphatic rings. The van der Waals surface area contributed by atoms with Crippen LogP contribution < -0.4 is 0 Å². The van der Waals surface area contributed by atoms with Gasteiger partial charge in [-0.05, 0) is 6.07 Å². The number of benzene rings is 1. The predicted molar refractivity (Wildman–Crippen MR) is 76.0 cm³/mol. The molecule has 94 valence electrons. The third-order valence-electron chi connectivity index (χ3n) is 2.92. The first-order valence-electron chi connectivity index (χ1n) is 6.00. The molecule has 0 N–H and O–H groups in total. The highest BCUT2D eigenvalue weighted by atomic mass is 35.5. The Hall–Kier alpha value is -2.13. The van der Waals surface area contributed by atoms with Gasteiger partial charge in [-0.1, -0.05) is 48.0 Å². The third-order valence-corrected chi connectivity index (χ3v) is 3.26. The van der Waals surface area contributed by atoms with Crippen LogP contribution in [0.5, 0.6) is 0 Å². The van der Waals surface area contributed by atoms with E-state index in [2.05, 4.69) is 14.5 Å². The first kappa shape index (κ1) is 11.9. The number of hydrogen-bond donors (Lipinski definition) is 0. The first-order valence-corrected chi connectivity index (χ1v) is 6.38. The molecule has 0 bridgehead atoms. The maximum Gasteiger partial charge on any atom is 0.140 e. The second-order valence-corrected chi connectivity index (χ2v) is 4.56. The van der Waals surface area contributed by atoms with E-state index in [0.717, 1.165) is 17.0 Å². The number of halogens is 1. The average molecular weight is 270 g/mol. The van der Waals surface area contributed by atoms with Crippen molar-refractivity contribution in [3.63, 3.8) is 0 Å². The second kappa shape index (κ2) is 5.24. The van der Waals surface area contributed by atoms with Gasteiger partial charge in [-0.3, -0.25) is 0 Å². The average Bonchev–Trinajstić information content (AvgIpc) is 2.91. The smallest absolute Gasteiger partial charge is 0.140 e. The standard InChI is InChI=1S/C15H12ClN3/c16-14-13(7-4-8-17-14)11-19-10-9-18-15(19)12-5-2-1-3-6-12/h1-10H,11H2. The van der Waals surface area contributed by atoms with E-state index >= 15 is 0 Å². The van der Waals surface area contributed by atoms with E-state index in [0.29, 0.717) is 11.7 Å². The molecule has 0 fully saturated rings. The Bertz CT molecular complexity index is 677. The highest BCUT2D eigenvalue weighted by Gasteiger charge is 2.07. The quantitative estimate of drug-likeness (QED) is 0.680. The van der Waals surface area contributed by atoms with E-state index < -0.39 is 0 Å². The van der Waals surface area contributed by atoms with Crippen LogP contribution in [0.4, 0.5) is 0 Å². The lowest BCUT2D eigenvalue weighted by atomic mass is 10.2. The maximum absolute atomic E-state index is 6.09. The zero-order valence-electron chi connectivity index (χ0n) is 10.2. The second-order valence-electron chi connectivity index (χ2n) is 4.20. The van der Waals surface area contributed by atoms with E-state index in [1.807, 2.05) is 48.7 Å². The molecule has 3 aromatic rings. The highest BCUT2D eigenvalue weighted by molar-refractivity contribution is 6.30. The van der Waals surface area contributed by atoms with Crippen LogP contribution in [0.3, 0.4) is 0 Å². The molecule has 3 nitrogen and oxygen atoms in total. The van der Waals surface area contributed by atoms with Crippen molar-refractivity contribution in [1.82, 2.24) is 14.5 Å². The summed E-state index contributed by atoms with van der Waals surface area (Å²) in [6.07, 6.45) is 5.44. The largest absolute Gasteiger partial charge is 0.326 e. The summed E-state index contributed by atoms with van der Waals surface area (Å²) in [6.45, 7) is 0.664. The minimum absolute atomic E-state index is 0.537. The van der Waals surface area contributed by atoms with Gasteiger partial charge in [0.2, 0.25) is 0 Å². The van der Waals surface area contributed by atoms with Crippen molar-refractivity contribution in [2.75, 3.05) is 0 Å². The fourth-order valence-electron chi connectivity index (χ4n) is 2.01. The molecule has 0 aliphatic carbocycles. The van der Waals surface area contributed by atoms with E-state index in [9.17, 15) is 0 Å². The zero-order chi connectivity index (χ0) is 13.1. The molecule has 1 aromatic carbocycles. The van der Waals surface area contributed by atoms with Crippen LogP contribution >= 0.6 is 11.6 Å². The topological polar surface area (TPSA) is 30.7 Å². The van der Waals surface area contributed by atoms with Crippen LogP contribution in [0.15, 0.2) is 61.1 Å². The summed E-state index contributed by atoms with van der Waals surface area (Å²) in [5.74, 6) is 0.931. The normalized spacial score (nSPS) is 10.6. The summed E-state index contributed by atoms with van der Waals surface area (Å²) in [7, 11) is 0. The highest BCUT2D eigenvalue weighted by Crippen LogP contribution is 2.20. The fourth-order valence-corrected chi connectivity index (χ4v) is 2.18. The van der Waals surface area contributed by atoms with Gasteiger partial charge in [-0.2, -0.15) is 0 Å². The van der Waals surface area contributed by atoms with Gasteiger partial charge in [0.1, 0.15) is 11.0 Å². The van der Waals surface area contributed by atoms with Gasteiger partial charge in [-0.15, -0.1) is 0 Å². The van der Waals surface area contributed by atoms with Crippen LogP contribution in [-0.2, 0) is 6.54 Å². The Labute approximate surface area is 116 Å². The Morgan fingerprint density at radius 1 is 0.947 bits per heavy atom. The predicted octanol–water partition coefficient (Wildman–Crippen LogP) is 3.65. The van der Waals surface area contributed by atoms with Crippen LogP contribution in [0.1, 0.15) is 5.56 Å². The first-order chi connectivity index (χ1) is 9.34. The Kier molecular flexibility index (Phi) is 3.29. The number of imidazole rings is 1. The Balaban J connectivity index is 1.96. The molecule has 0 saturated carbocycles. The molecule has 0 amide bonds. The number of pyridine rings is 1. The summed E-state index contributed by atoms with van der Waals surface area (Å²) >= 11 is 6.09. The molecule has 0 saturated heterocycles. The SMILES string of the molecule is Clc1ncccc1Cn1ccnc1-c1ccccc1. The summed E-state index contributed by atoms with van der Waals surface area (Å²) in [5, 5.41) is 0.537. The zero-order valence-corrected chi connectivity index (χ0v) is 11.0. The lowest BCUT2D eigenvalue weighted by molar-refractivity contribution is 0.803. The van der Waals surface area contributed by atoms with Gasteiger partial charge < -0.3 is 4.57 Å². The van der Waals surface area contributed by atoms with Gasteiger partial charge in [0.25, 0.3) is 0 Å². The molecule has 0 aliphatic heterocycles. The lowest BCUT2D eigenvalue weighted by Crippen LogP contribution is -2.02. The van der Waals surface area contributed by atoms with Crippen LogP contribution in [-0.4, -0.2) is 14.5 Å². The van der Waals surface area contributed by atoms with Crippen molar-refractivity contribution in [3.8, 4) is 11.4 Å². The monoisotopic (exact) mass is 269 g/mol. The van der Waals surface area contributed by atoms with E-state index in [1.165, 1.54) is 0 Å². The molecule has 19 heavy (non-hydrogen) atoms. The molecule has 3 rings (SSSR count). The summed E-state index contributed by atoms with van der Waals surface area (Å²) in [5.41, 5.74) is 2.08. The van der Waals surface area contributed by atoms with Crippen molar-refractivity contribution in [3.05, 3.63) is 71.8 Å². The van der Waals surface area contributed by atoms with Crippen molar-refractivity contribution >= 4 is 11.6 Å². The minimum Gasteiger partial charge on any atom is -0.326 e. The molecule has 4 heteroatoms. The van der Waals surface area contributed by atoms with E-state index in [4.69, 9.17) is 11.6 Å². The fraction of sp³-hybridized carbons (Fsp3) is 0.0667. The molecule has 2 heterocycles. The summed E-state index contributed by atoms with van der Waals surface area (Å²) in [4.78, 5) is 8.51. The van der Waals surface area contributed by atoms with Crippen molar-refractivity contribution in [1.29, 1.82) is 0 Å². The summed E-state index contributed by atoms with van der Waals surface area (Å²) < 4.78 is 2.07. The molecule has 0 atom stereocenters. The number of nitrogens with zero attached hydrogens (tertiary/aromatic N) is 3. The van der Waals surface area contributed by atoms with Crippen LogP contribution in [0.25, 0.3) is 11.4 Å². The van der Waals surface area contributed by atoms with E-state index in [1.54, 1.807) is 12.4 Å². The molecular weight excluding hydrogens is 258 g/mol. The maximum atomic E-state index is 6.09. The number of hydrogen-bond acceptors (Lipinski definition) is 2. The number of aromatic nitrogens is 3. The minimum atomic E-state index is 0.537. The molecule has 0 spiro atoms. The molecular formula is C15H12ClN3. The Morgan fingerprint density at radius 2 is 1.79 bits per heavy atom. The van der Waals surface area contributed by atoms with E-state index in [-0.39, 0.29) is 0 Å². The van der Waals surface area contributed by atoms with Crippen molar-refractivity contribution in [2.24, 2.45) is 0 Å². The van der Waals surface area contributed by atoms with Gasteiger partial charge in [0.15, 0.2) is 0 Å². The van der Waals surface area contributed by atoms with Crippen LogP contribution in [0.2, 0.25) is 5.15 Å². The Morgan fingerprint density at radius 3 is 2.58 bits per heavy atom. The third kappa shape index (κ3) is 2.51. The molecule has 2 aromatic heterocycles. The van der Waals surface area contributed by atoms with Crippen molar-refractivity contribution < 1.29 is 0 Å². The van der Waals surface area contributed by atoms with Gasteiger partial charge in [0, 0.05) is 29.7 Å². The number of rotatable bonds is 3.